The molecule has 0 unspecified atom stereocenters. The third-order valence-corrected chi connectivity index (χ3v) is 7.73. The molecule has 2 saturated heterocycles. The van der Waals surface area contributed by atoms with E-state index < -0.39 is 10.0 Å². The van der Waals surface area contributed by atoms with Crippen molar-refractivity contribution in [1.29, 1.82) is 0 Å². The molecule has 0 saturated carbocycles. The molecule has 0 aliphatic carbocycles. The Balaban J connectivity index is 1.38. The summed E-state index contributed by atoms with van der Waals surface area (Å²) in [4.78, 5) is 3.78. The highest BCUT2D eigenvalue weighted by atomic mass is 32.2. The third kappa shape index (κ3) is 3.76. The summed E-state index contributed by atoms with van der Waals surface area (Å²) in [6, 6.07) is 17.4. The molecule has 2 heterocycles. The minimum absolute atomic E-state index is 0.319. The van der Waals surface area contributed by atoms with E-state index >= 15 is 0 Å². The van der Waals surface area contributed by atoms with Gasteiger partial charge in [-0.1, -0.05) is 18.2 Å². The number of hydrogen-bond donors (Lipinski definition) is 0. The van der Waals surface area contributed by atoms with Crippen molar-refractivity contribution < 1.29 is 13.2 Å². The molecule has 0 radical (unpaired) electrons. The average molecular weight is 391 g/mol. The largest absolute Gasteiger partial charge is 0.378 e. The lowest BCUT2D eigenvalue weighted by Crippen LogP contribution is -2.51. The molecule has 4 rings (SSSR count). The molecular weight excluding hydrogens is 368 g/mol. The van der Waals surface area contributed by atoms with Crippen LogP contribution in [0.5, 0.6) is 0 Å². The third-order valence-electron chi connectivity index (χ3n) is 4.71. The van der Waals surface area contributed by atoms with Crippen LogP contribution in [0.25, 0.3) is 0 Å². The van der Waals surface area contributed by atoms with Crippen molar-refractivity contribution in [2.24, 2.45) is 0 Å². The van der Waals surface area contributed by atoms with E-state index in [4.69, 9.17) is 4.74 Å². The minimum Gasteiger partial charge on any atom is -0.378 e. The topological polar surface area (TPSA) is 49.9 Å². The Hall–Kier alpha value is -1.54. The lowest BCUT2D eigenvalue weighted by Gasteiger charge is -2.37. The first-order chi connectivity index (χ1) is 12.6. The van der Waals surface area contributed by atoms with Gasteiger partial charge in [0, 0.05) is 42.0 Å². The van der Waals surface area contributed by atoms with Crippen LogP contribution < -0.4 is 4.90 Å². The first kappa shape index (κ1) is 17.9. The van der Waals surface area contributed by atoms with Gasteiger partial charge in [-0.3, -0.25) is 0 Å². The van der Waals surface area contributed by atoms with Crippen LogP contribution in [0, 0.1) is 0 Å². The molecule has 0 atom stereocenters. The molecule has 5 nitrogen and oxygen atoms in total. The van der Waals surface area contributed by atoms with E-state index in [1.807, 2.05) is 30.3 Å². The standard InChI is InChI=1S/C19H22N2O3S2/c22-26(23,21-14-18(15-21)25-17-4-2-1-3-5-17)19-8-6-16(7-9-19)20-10-12-24-13-11-20/h1-9,18H,10-15H2. The highest BCUT2D eigenvalue weighted by Gasteiger charge is 2.37. The lowest BCUT2D eigenvalue weighted by molar-refractivity contribution is 0.122. The number of rotatable bonds is 5. The van der Waals surface area contributed by atoms with Gasteiger partial charge in [-0.25, -0.2) is 8.42 Å². The monoisotopic (exact) mass is 390 g/mol. The van der Waals surface area contributed by atoms with E-state index in [2.05, 4.69) is 17.0 Å². The van der Waals surface area contributed by atoms with E-state index in [-0.39, 0.29) is 0 Å². The maximum Gasteiger partial charge on any atom is 0.243 e. The van der Waals surface area contributed by atoms with Gasteiger partial charge in [0.05, 0.1) is 18.1 Å². The van der Waals surface area contributed by atoms with Gasteiger partial charge in [0.25, 0.3) is 0 Å². The Morgan fingerprint density at radius 2 is 1.58 bits per heavy atom. The smallest absolute Gasteiger partial charge is 0.243 e. The molecule has 0 amide bonds. The number of anilines is 1. The molecule has 2 aliphatic heterocycles. The van der Waals surface area contributed by atoms with Crippen LogP contribution in [0.2, 0.25) is 0 Å². The van der Waals surface area contributed by atoms with E-state index in [1.165, 1.54) is 4.90 Å². The maximum atomic E-state index is 12.8. The fourth-order valence-electron chi connectivity index (χ4n) is 3.16. The van der Waals surface area contributed by atoms with Crippen LogP contribution in [-0.2, 0) is 14.8 Å². The van der Waals surface area contributed by atoms with Crippen LogP contribution >= 0.6 is 11.8 Å². The zero-order chi connectivity index (χ0) is 18.0. The normalized spacial score (nSPS) is 19.3. The maximum absolute atomic E-state index is 12.8. The second-order valence-corrected chi connectivity index (χ2v) is 9.78. The molecule has 2 aromatic rings. The summed E-state index contributed by atoms with van der Waals surface area (Å²) < 4.78 is 32.5. The van der Waals surface area contributed by atoms with Gasteiger partial charge < -0.3 is 9.64 Å². The van der Waals surface area contributed by atoms with Crippen molar-refractivity contribution in [3.63, 3.8) is 0 Å². The second kappa shape index (κ2) is 7.60. The van der Waals surface area contributed by atoms with Gasteiger partial charge in [-0.05, 0) is 36.4 Å². The van der Waals surface area contributed by atoms with Gasteiger partial charge in [0.2, 0.25) is 10.0 Å². The number of sulfonamides is 1. The molecule has 0 bridgehead atoms. The molecule has 2 aromatic carbocycles. The van der Waals surface area contributed by atoms with Gasteiger partial charge >= 0.3 is 0 Å². The van der Waals surface area contributed by atoms with Gasteiger partial charge in [0.1, 0.15) is 0 Å². The number of nitrogens with zero attached hydrogens (tertiary/aromatic N) is 2. The number of benzene rings is 2. The van der Waals surface area contributed by atoms with Gasteiger partial charge in [-0.2, -0.15) is 4.31 Å². The Morgan fingerprint density at radius 1 is 0.923 bits per heavy atom. The summed E-state index contributed by atoms with van der Waals surface area (Å²) in [6.45, 7) is 4.25. The quantitative estimate of drug-likeness (QED) is 0.786. The van der Waals surface area contributed by atoms with Crippen LogP contribution in [0.1, 0.15) is 0 Å². The first-order valence-electron chi connectivity index (χ1n) is 8.77. The van der Waals surface area contributed by atoms with Crippen molar-refractivity contribution >= 4 is 27.5 Å². The fourth-order valence-corrected chi connectivity index (χ4v) is 6.09. The predicted molar refractivity (Wildman–Crippen MR) is 104 cm³/mol. The van der Waals surface area contributed by atoms with Crippen molar-refractivity contribution in [3.8, 4) is 0 Å². The Kier molecular flexibility index (Phi) is 5.22. The highest BCUT2D eigenvalue weighted by molar-refractivity contribution is 8.00. The van der Waals surface area contributed by atoms with E-state index in [0.29, 0.717) is 36.4 Å². The minimum atomic E-state index is -3.40. The molecule has 2 fully saturated rings. The van der Waals surface area contributed by atoms with E-state index in [1.54, 1.807) is 28.2 Å². The Morgan fingerprint density at radius 3 is 2.23 bits per heavy atom. The molecule has 26 heavy (non-hydrogen) atoms. The highest BCUT2D eigenvalue weighted by Crippen LogP contribution is 2.33. The van der Waals surface area contributed by atoms with E-state index in [0.717, 1.165) is 18.8 Å². The van der Waals surface area contributed by atoms with Crippen LogP contribution in [0.4, 0.5) is 5.69 Å². The predicted octanol–water partition coefficient (Wildman–Crippen LogP) is 2.69. The number of hydrogen-bond acceptors (Lipinski definition) is 5. The zero-order valence-corrected chi connectivity index (χ0v) is 16.1. The molecule has 2 aliphatic rings. The number of morpholine rings is 1. The molecule has 7 heteroatoms. The van der Waals surface area contributed by atoms with Crippen LogP contribution in [0.3, 0.4) is 0 Å². The average Bonchev–Trinajstić information content (AvgIpc) is 2.66. The SMILES string of the molecule is O=S(=O)(c1ccc(N2CCOCC2)cc1)N1CC(Sc2ccccc2)C1. The molecule has 0 N–H and O–H groups in total. The summed E-state index contributed by atoms with van der Waals surface area (Å²) in [6.07, 6.45) is 0. The summed E-state index contributed by atoms with van der Waals surface area (Å²) in [7, 11) is -3.40. The number of ether oxygens (including phenoxy) is 1. The summed E-state index contributed by atoms with van der Waals surface area (Å²) in [5.74, 6) is 0. The molecular formula is C19H22N2O3S2. The summed E-state index contributed by atoms with van der Waals surface area (Å²) >= 11 is 1.74. The lowest BCUT2D eigenvalue weighted by atomic mass is 10.2. The number of thioether (sulfide) groups is 1. The zero-order valence-electron chi connectivity index (χ0n) is 14.5. The van der Waals surface area contributed by atoms with Crippen molar-refractivity contribution in [1.82, 2.24) is 4.31 Å². The van der Waals surface area contributed by atoms with E-state index in [9.17, 15) is 8.42 Å². The fraction of sp³-hybridized carbons (Fsp3) is 0.368. The Bertz CT molecular complexity index is 829. The Labute approximate surface area is 159 Å². The van der Waals surface area contributed by atoms with Gasteiger partial charge in [0.15, 0.2) is 0 Å². The summed E-state index contributed by atoms with van der Waals surface area (Å²) in [5, 5.41) is 0.319. The van der Waals surface area contributed by atoms with Crippen molar-refractivity contribution in [3.05, 3.63) is 54.6 Å². The second-order valence-electron chi connectivity index (χ2n) is 6.47. The molecule has 0 spiro atoms. The van der Waals surface area contributed by atoms with Crippen LogP contribution in [-0.4, -0.2) is 57.4 Å². The summed E-state index contributed by atoms with van der Waals surface area (Å²) in [5.41, 5.74) is 1.05. The van der Waals surface area contributed by atoms with Crippen molar-refractivity contribution in [2.45, 2.75) is 15.0 Å². The molecule has 138 valence electrons. The first-order valence-corrected chi connectivity index (χ1v) is 11.1. The van der Waals surface area contributed by atoms with Crippen LogP contribution in [0.15, 0.2) is 64.4 Å². The molecule has 0 aromatic heterocycles. The van der Waals surface area contributed by atoms with Gasteiger partial charge in [-0.15, -0.1) is 11.8 Å². The van der Waals surface area contributed by atoms with Crippen molar-refractivity contribution in [2.75, 3.05) is 44.3 Å².